The van der Waals surface area contributed by atoms with Crippen LogP contribution in [-0.2, 0) is 11.2 Å². The minimum atomic E-state index is -2.69. The number of aromatic nitrogens is 2. The number of imidazole rings is 1. The van der Waals surface area contributed by atoms with Gasteiger partial charge in [0.25, 0.3) is 5.91 Å². The van der Waals surface area contributed by atoms with Gasteiger partial charge in [0.2, 0.25) is 5.91 Å². The third-order valence-corrected chi connectivity index (χ3v) is 3.67. The molecule has 1 aromatic heterocycles. The summed E-state index contributed by atoms with van der Waals surface area (Å²) in [5.74, 6) is -2.60. The van der Waals surface area contributed by atoms with Crippen LogP contribution in [-0.4, -0.2) is 34.5 Å². The first-order valence-electron chi connectivity index (χ1n) is 8.18. The van der Waals surface area contributed by atoms with E-state index in [1.54, 1.807) is 0 Å². The summed E-state index contributed by atoms with van der Waals surface area (Å²) < 4.78 is 52.3. The van der Waals surface area contributed by atoms with Crippen molar-refractivity contribution in [2.24, 2.45) is 0 Å². The zero-order valence-electron chi connectivity index (χ0n) is 14.2. The van der Waals surface area contributed by atoms with E-state index in [0.717, 1.165) is 22.9 Å². The van der Waals surface area contributed by atoms with Gasteiger partial charge in [-0.3, -0.25) is 14.2 Å². The molecule has 146 valence electrons. The Morgan fingerprint density at radius 3 is 2.63 bits per heavy atom. The van der Waals surface area contributed by atoms with Gasteiger partial charge in [-0.2, -0.15) is 8.78 Å². The number of halogens is 4. The molecule has 27 heavy (non-hydrogen) atoms. The number of nitrogens with one attached hydrogen (secondary N) is 2. The molecule has 0 saturated carbocycles. The van der Waals surface area contributed by atoms with Crippen LogP contribution in [0.2, 0.25) is 0 Å². The highest BCUT2D eigenvalue weighted by atomic mass is 19.3. The van der Waals surface area contributed by atoms with Crippen molar-refractivity contribution in [2.75, 3.05) is 13.1 Å². The first kappa shape index (κ1) is 20.4. The molecule has 0 unspecified atom stereocenters. The Labute approximate surface area is 152 Å². The third kappa shape index (κ3) is 6.08. The van der Waals surface area contributed by atoms with E-state index in [1.807, 2.05) is 0 Å². The van der Waals surface area contributed by atoms with Crippen molar-refractivity contribution in [1.29, 1.82) is 0 Å². The number of carbonyl (C=O) groups excluding carboxylic acids is 2. The van der Waals surface area contributed by atoms with Crippen LogP contribution in [0.5, 0.6) is 0 Å². The molecule has 2 aromatic rings. The highest BCUT2D eigenvalue weighted by Gasteiger charge is 2.13. The summed E-state index contributed by atoms with van der Waals surface area (Å²) in [5.41, 5.74) is -0.282. The van der Waals surface area contributed by atoms with Gasteiger partial charge in [0.1, 0.15) is 17.5 Å². The molecule has 2 amide bonds. The zero-order chi connectivity index (χ0) is 19.8. The van der Waals surface area contributed by atoms with Crippen molar-refractivity contribution in [2.45, 2.75) is 25.8 Å². The number of carbonyl (C=O) groups is 2. The molecule has 10 heteroatoms. The van der Waals surface area contributed by atoms with Crippen molar-refractivity contribution in [1.82, 2.24) is 20.2 Å². The van der Waals surface area contributed by atoms with E-state index in [-0.39, 0.29) is 43.2 Å². The number of hydrogen-bond donors (Lipinski definition) is 2. The first-order valence-corrected chi connectivity index (χ1v) is 8.18. The van der Waals surface area contributed by atoms with Gasteiger partial charge in [-0.25, -0.2) is 13.8 Å². The molecule has 0 saturated heterocycles. The predicted molar refractivity (Wildman–Crippen MR) is 88.1 cm³/mol. The lowest BCUT2D eigenvalue weighted by atomic mass is 10.2. The molecule has 0 bridgehead atoms. The minimum absolute atomic E-state index is 0.0927. The average molecular weight is 386 g/mol. The SMILES string of the molecule is O=C(CCCNC(=O)c1ccc(F)cc1F)NCCc1nccn1C(F)F. The van der Waals surface area contributed by atoms with Crippen LogP contribution in [0.3, 0.4) is 0 Å². The summed E-state index contributed by atoms with van der Waals surface area (Å²) in [4.78, 5) is 27.3. The fourth-order valence-corrected chi connectivity index (χ4v) is 2.34. The Hall–Kier alpha value is -2.91. The largest absolute Gasteiger partial charge is 0.356 e. The molecule has 1 heterocycles. The van der Waals surface area contributed by atoms with E-state index in [1.165, 1.54) is 6.20 Å². The summed E-state index contributed by atoms with van der Waals surface area (Å²) in [5, 5.41) is 5.01. The fraction of sp³-hybridized carbons (Fsp3) is 0.353. The van der Waals surface area contributed by atoms with Crippen LogP contribution < -0.4 is 10.6 Å². The molecule has 0 aliphatic carbocycles. The summed E-state index contributed by atoms with van der Waals surface area (Å²) in [6.07, 6.45) is 2.97. The molecule has 0 spiro atoms. The van der Waals surface area contributed by atoms with Crippen LogP contribution in [0.4, 0.5) is 17.6 Å². The smallest absolute Gasteiger partial charge is 0.319 e. The molecule has 2 N–H and O–H groups in total. The topological polar surface area (TPSA) is 76.0 Å². The van der Waals surface area contributed by atoms with Crippen molar-refractivity contribution >= 4 is 11.8 Å². The maximum absolute atomic E-state index is 13.5. The Kier molecular flexibility index (Phi) is 7.33. The molecular formula is C17H18F4N4O2. The molecule has 0 fully saturated rings. The van der Waals surface area contributed by atoms with Crippen molar-refractivity contribution in [3.63, 3.8) is 0 Å². The second-order valence-electron chi connectivity index (χ2n) is 5.61. The van der Waals surface area contributed by atoms with E-state index in [4.69, 9.17) is 0 Å². The molecule has 0 radical (unpaired) electrons. The number of rotatable bonds is 9. The van der Waals surface area contributed by atoms with Gasteiger partial charge < -0.3 is 10.6 Å². The lowest BCUT2D eigenvalue weighted by Gasteiger charge is -2.08. The molecule has 6 nitrogen and oxygen atoms in total. The molecule has 1 aromatic carbocycles. The number of benzene rings is 1. The third-order valence-electron chi connectivity index (χ3n) is 3.67. The average Bonchev–Trinajstić information content (AvgIpc) is 3.07. The van der Waals surface area contributed by atoms with Crippen molar-refractivity contribution < 1.29 is 27.2 Å². The van der Waals surface area contributed by atoms with E-state index >= 15 is 0 Å². The minimum Gasteiger partial charge on any atom is -0.356 e. The Balaban J connectivity index is 1.64. The Morgan fingerprint density at radius 1 is 1.15 bits per heavy atom. The lowest BCUT2D eigenvalue weighted by Crippen LogP contribution is -2.29. The van der Waals surface area contributed by atoms with E-state index < -0.39 is 24.1 Å². The highest BCUT2D eigenvalue weighted by Crippen LogP contribution is 2.12. The van der Waals surface area contributed by atoms with Gasteiger partial charge in [-0.05, 0) is 18.6 Å². The molecular weight excluding hydrogens is 368 g/mol. The van der Waals surface area contributed by atoms with Crippen LogP contribution in [0.1, 0.15) is 35.6 Å². The van der Waals surface area contributed by atoms with Crippen molar-refractivity contribution in [3.8, 4) is 0 Å². The van der Waals surface area contributed by atoms with Gasteiger partial charge in [0.05, 0.1) is 5.56 Å². The van der Waals surface area contributed by atoms with E-state index in [9.17, 15) is 27.2 Å². The lowest BCUT2D eigenvalue weighted by molar-refractivity contribution is -0.121. The van der Waals surface area contributed by atoms with E-state index in [0.29, 0.717) is 12.5 Å². The quantitative estimate of drug-likeness (QED) is 0.513. The van der Waals surface area contributed by atoms with Gasteiger partial charge in [0.15, 0.2) is 0 Å². The monoisotopic (exact) mass is 386 g/mol. The summed E-state index contributed by atoms with van der Waals surface area (Å²) in [7, 11) is 0. The van der Waals surface area contributed by atoms with Crippen LogP contribution in [0.25, 0.3) is 0 Å². The second kappa shape index (κ2) is 9.70. The number of hydrogen-bond acceptors (Lipinski definition) is 3. The van der Waals surface area contributed by atoms with Crippen LogP contribution in [0.15, 0.2) is 30.6 Å². The standard InChI is InChI=1S/C17H18F4N4O2/c18-11-3-4-12(13(19)10-11)16(27)24-6-1-2-15(26)23-7-5-14-22-8-9-25(14)17(20)21/h3-4,8-10,17H,1-2,5-7H2,(H,23,26)(H,24,27). The first-order chi connectivity index (χ1) is 12.9. The summed E-state index contributed by atoms with van der Waals surface area (Å²) in [6.45, 7) is -2.41. The molecule has 0 aliphatic rings. The molecule has 2 rings (SSSR count). The van der Waals surface area contributed by atoms with Gasteiger partial charge in [0, 0.05) is 44.4 Å². The number of nitrogens with zero attached hydrogens (tertiary/aromatic N) is 2. The van der Waals surface area contributed by atoms with Crippen molar-refractivity contribution in [3.05, 3.63) is 53.6 Å². The van der Waals surface area contributed by atoms with Crippen LogP contribution in [0, 0.1) is 11.6 Å². The molecule has 0 atom stereocenters. The number of amides is 2. The normalized spacial score (nSPS) is 10.9. The fourth-order valence-electron chi connectivity index (χ4n) is 2.34. The van der Waals surface area contributed by atoms with Gasteiger partial charge in [-0.1, -0.05) is 0 Å². The van der Waals surface area contributed by atoms with Gasteiger partial charge in [-0.15, -0.1) is 0 Å². The predicted octanol–water partition coefficient (Wildman–Crippen LogP) is 2.43. The summed E-state index contributed by atoms with van der Waals surface area (Å²) in [6, 6.07) is 2.63. The highest BCUT2D eigenvalue weighted by molar-refractivity contribution is 5.94. The number of alkyl halides is 2. The maximum Gasteiger partial charge on any atom is 0.319 e. The zero-order valence-corrected chi connectivity index (χ0v) is 14.2. The maximum atomic E-state index is 13.5. The second-order valence-corrected chi connectivity index (χ2v) is 5.61. The Bertz CT molecular complexity index is 795. The van der Waals surface area contributed by atoms with Gasteiger partial charge >= 0.3 is 6.55 Å². The van der Waals surface area contributed by atoms with Crippen LogP contribution >= 0.6 is 0 Å². The molecule has 0 aliphatic heterocycles. The Morgan fingerprint density at radius 2 is 1.93 bits per heavy atom. The van der Waals surface area contributed by atoms with E-state index in [2.05, 4.69) is 15.6 Å². The summed E-state index contributed by atoms with van der Waals surface area (Å²) >= 11 is 0.